The lowest BCUT2D eigenvalue weighted by atomic mass is 10.3. The zero-order valence-electron chi connectivity index (χ0n) is 14.2. The number of ether oxygens (including phenoxy) is 1. The molecule has 2 aromatic rings. The Hall–Kier alpha value is -1.86. The van der Waals surface area contributed by atoms with E-state index in [1.165, 1.54) is 0 Å². The molecule has 8 heteroatoms. The van der Waals surface area contributed by atoms with Crippen LogP contribution >= 0.6 is 23.2 Å². The molecule has 1 aromatic carbocycles. The predicted molar refractivity (Wildman–Crippen MR) is 104 cm³/mol. The van der Waals surface area contributed by atoms with Crippen LogP contribution in [0.5, 0.6) is 0 Å². The normalized spacial score (nSPS) is 14.8. The molecule has 1 aliphatic rings. The van der Waals surface area contributed by atoms with Crippen molar-refractivity contribution in [2.24, 2.45) is 0 Å². The average Bonchev–Trinajstić information content (AvgIpc) is 2.62. The second-order valence-electron chi connectivity index (χ2n) is 5.93. The first kappa shape index (κ1) is 18.9. The van der Waals surface area contributed by atoms with E-state index in [-0.39, 0.29) is 5.91 Å². The number of carbonyl (C=O) groups excluding carboxylic acids is 1. The molecule has 0 saturated carbocycles. The number of hydrogen-bond donors (Lipinski definition) is 2. The molecular weight excluding hydrogens is 375 g/mol. The first-order chi connectivity index (χ1) is 12.6. The van der Waals surface area contributed by atoms with Crippen LogP contribution in [0.3, 0.4) is 0 Å². The summed E-state index contributed by atoms with van der Waals surface area (Å²) in [6, 6.07) is 8.66. The third kappa shape index (κ3) is 5.57. The van der Waals surface area contributed by atoms with Gasteiger partial charge in [-0.05, 0) is 30.3 Å². The number of carbonyl (C=O) groups is 1. The fourth-order valence-corrected chi connectivity index (χ4v) is 3.16. The van der Waals surface area contributed by atoms with Gasteiger partial charge in [0.25, 0.3) is 5.91 Å². The molecule has 0 atom stereocenters. The number of pyridine rings is 1. The Morgan fingerprint density at radius 1 is 1.12 bits per heavy atom. The minimum Gasteiger partial charge on any atom is -0.379 e. The van der Waals surface area contributed by atoms with Gasteiger partial charge in [-0.3, -0.25) is 9.69 Å². The summed E-state index contributed by atoms with van der Waals surface area (Å²) >= 11 is 12.0. The Balaban J connectivity index is 1.50. The van der Waals surface area contributed by atoms with Gasteiger partial charge in [-0.25, -0.2) is 4.98 Å². The van der Waals surface area contributed by atoms with Crippen LogP contribution in [-0.4, -0.2) is 55.2 Å². The first-order valence-electron chi connectivity index (χ1n) is 8.37. The summed E-state index contributed by atoms with van der Waals surface area (Å²) in [5, 5.41) is 7.14. The van der Waals surface area contributed by atoms with E-state index in [1.54, 1.807) is 36.5 Å². The van der Waals surface area contributed by atoms with Crippen LogP contribution in [0.2, 0.25) is 10.0 Å². The van der Waals surface area contributed by atoms with E-state index in [0.717, 1.165) is 44.2 Å². The summed E-state index contributed by atoms with van der Waals surface area (Å²) in [6.07, 6.45) is 1.60. The molecule has 138 valence electrons. The molecule has 0 bridgehead atoms. The fourth-order valence-electron chi connectivity index (χ4n) is 2.64. The van der Waals surface area contributed by atoms with Crippen molar-refractivity contribution in [1.82, 2.24) is 15.2 Å². The number of amides is 1. The van der Waals surface area contributed by atoms with E-state index < -0.39 is 0 Å². The van der Waals surface area contributed by atoms with Gasteiger partial charge in [-0.2, -0.15) is 0 Å². The molecule has 0 radical (unpaired) electrons. The Morgan fingerprint density at radius 3 is 2.50 bits per heavy atom. The Kier molecular flexibility index (Phi) is 6.68. The van der Waals surface area contributed by atoms with E-state index >= 15 is 0 Å². The van der Waals surface area contributed by atoms with Crippen molar-refractivity contribution >= 4 is 40.5 Å². The van der Waals surface area contributed by atoms with Gasteiger partial charge in [0, 0.05) is 41.9 Å². The molecule has 0 unspecified atom stereocenters. The topological polar surface area (TPSA) is 66.5 Å². The monoisotopic (exact) mass is 394 g/mol. The van der Waals surface area contributed by atoms with E-state index in [1.807, 2.05) is 0 Å². The van der Waals surface area contributed by atoms with Crippen molar-refractivity contribution in [2.75, 3.05) is 44.7 Å². The molecule has 6 nitrogen and oxygen atoms in total. The zero-order chi connectivity index (χ0) is 18.4. The van der Waals surface area contributed by atoms with Crippen molar-refractivity contribution in [3.63, 3.8) is 0 Å². The average molecular weight is 395 g/mol. The van der Waals surface area contributed by atoms with Crippen LogP contribution < -0.4 is 10.6 Å². The molecule has 1 amide bonds. The minimum atomic E-state index is -0.185. The molecule has 2 N–H and O–H groups in total. The lowest BCUT2D eigenvalue weighted by Crippen LogP contribution is -2.41. The number of aromatic nitrogens is 1. The van der Waals surface area contributed by atoms with Gasteiger partial charge in [0.1, 0.15) is 5.69 Å². The maximum absolute atomic E-state index is 12.2. The van der Waals surface area contributed by atoms with Gasteiger partial charge in [0.15, 0.2) is 0 Å². The smallest absolute Gasteiger partial charge is 0.269 e. The lowest BCUT2D eigenvalue weighted by Gasteiger charge is -2.26. The molecule has 0 spiro atoms. The third-order valence-corrected chi connectivity index (χ3v) is 4.40. The van der Waals surface area contributed by atoms with E-state index in [0.29, 0.717) is 22.3 Å². The Labute approximate surface area is 162 Å². The Morgan fingerprint density at radius 2 is 1.85 bits per heavy atom. The highest BCUT2D eigenvalue weighted by Gasteiger charge is 2.11. The van der Waals surface area contributed by atoms with Gasteiger partial charge in [0.2, 0.25) is 0 Å². The molecule has 2 heterocycles. The number of hydrogen-bond acceptors (Lipinski definition) is 5. The fraction of sp³-hybridized carbons (Fsp3) is 0.333. The summed E-state index contributed by atoms with van der Waals surface area (Å²) < 4.78 is 5.30. The van der Waals surface area contributed by atoms with E-state index in [9.17, 15) is 4.79 Å². The van der Waals surface area contributed by atoms with Crippen molar-refractivity contribution < 1.29 is 9.53 Å². The molecule has 1 fully saturated rings. The predicted octanol–water partition coefficient (Wildman–Crippen LogP) is 3.19. The summed E-state index contributed by atoms with van der Waals surface area (Å²) in [7, 11) is 0. The minimum absolute atomic E-state index is 0.185. The van der Waals surface area contributed by atoms with Crippen LogP contribution in [0.15, 0.2) is 36.5 Å². The molecular formula is C18H20Cl2N4O2. The number of halogens is 2. The van der Waals surface area contributed by atoms with Crippen molar-refractivity contribution in [1.29, 1.82) is 0 Å². The quantitative estimate of drug-likeness (QED) is 0.787. The van der Waals surface area contributed by atoms with Crippen LogP contribution in [0.25, 0.3) is 0 Å². The molecule has 1 aromatic heterocycles. The largest absolute Gasteiger partial charge is 0.379 e. The maximum atomic E-state index is 12.2. The van der Waals surface area contributed by atoms with Gasteiger partial charge in [-0.15, -0.1) is 0 Å². The summed E-state index contributed by atoms with van der Waals surface area (Å²) in [4.78, 5) is 18.6. The van der Waals surface area contributed by atoms with Crippen LogP contribution in [0.4, 0.5) is 11.4 Å². The number of nitrogens with zero attached hydrogens (tertiary/aromatic N) is 2. The highest BCUT2D eigenvalue weighted by Crippen LogP contribution is 2.25. The highest BCUT2D eigenvalue weighted by molar-refractivity contribution is 6.35. The van der Waals surface area contributed by atoms with Gasteiger partial charge >= 0.3 is 0 Å². The number of anilines is 2. The highest BCUT2D eigenvalue weighted by atomic mass is 35.5. The molecule has 1 saturated heterocycles. The second-order valence-corrected chi connectivity index (χ2v) is 6.80. The number of benzene rings is 1. The SMILES string of the molecule is O=C(NCCN1CCOCC1)c1ccc(Nc2cc(Cl)cc(Cl)c2)cn1. The van der Waals surface area contributed by atoms with Crippen molar-refractivity contribution in [3.8, 4) is 0 Å². The van der Waals surface area contributed by atoms with Crippen LogP contribution in [0, 0.1) is 0 Å². The molecule has 3 rings (SSSR count). The molecule has 1 aliphatic heterocycles. The molecule has 26 heavy (non-hydrogen) atoms. The summed E-state index contributed by atoms with van der Waals surface area (Å²) in [6.45, 7) is 4.71. The van der Waals surface area contributed by atoms with Gasteiger partial charge in [-0.1, -0.05) is 23.2 Å². The van der Waals surface area contributed by atoms with Crippen molar-refractivity contribution in [3.05, 3.63) is 52.3 Å². The maximum Gasteiger partial charge on any atom is 0.269 e. The standard InChI is InChI=1S/C18H20Cl2N4O2/c19-13-9-14(20)11-16(10-13)23-15-1-2-17(22-12-15)18(25)21-3-4-24-5-7-26-8-6-24/h1-2,9-12,23H,3-8H2,(H,21,25). The zero-order valence-corrected chi connectivity index (χ0v) is 15.7. The van der Waals surface area contributed by atoms with Gasteiger partial charge < -0.3 is 15.4 Å². The number of nitrogens with one attached hydrogen (secondary N) is 2. The number of morpholine rings is 1. The van der Waals surface area contributed by atoms with Crippen LogP contribution in [0.1, 0.15) is 10.5 Å². The lowest BCUT2D eigenvalue weighted by molar-refractivity contribution is 0.0383. The van der Waals surface area contributed by atoms with Crippen LogP contribution in [-0.2, 0) is 4.74 Å². The summed E-state index contributed by atoms with van der Waals surface area (Å²) in [5.74, 6) is -0.185. The Bertz CT molecular complexity index is 729. The van der Waals surface area contributed by atoms with E-state index in [2.05, 4.69) is 20.5 Å². The molecule has 0 aliphatic carbocycles. The third-order valence-electron chi connectivity index (χ3n) is 3.96. The first-order valence-corrected chi connectivity index (χ1v) is 9.13. The second kappa shape index (κ2) is 9.19. The van der Waals surface area contributed by atoms with E-state index in [4.69, 9.17) is 27.9 Å². The summed E-state index contributed by atoms with van der Waals surface area (Å²) in [5.41, 5.74) is 1.88. The number of rotatable bonds is 6. The van der Waals surface area contributed by atoms with Crippen molar-refractivity contribution in [2.45, 2.75) is 0 Å². The van der Waals surface area contributed by atoms with Gasteiger partial charge in [0.05, 0.1) is 25.1 Å².